The van der Waals surface area contributed by atoms with Gasteiger partial charge in [0.05, 0.1) is 4.88 Å². The fourth-order valence-electron chi connectivity index (χ4n) is 3.08. The van der Waals surface area contributed by atoms with E-state index < -0.39 is 0 Å². The van der Waals surface area contributed by atoms with Gasteiger partial charge in [0.2, 0.25) is 0 Å². The zero-order valence-corrected chi connectivity index (χ0v) is 16.4. The number of nitrogens with zero attached hydrogens (tertiary/aromatic N) is 2. The van der Waals surface area contributed by atoms with E-state index in [4.69, 9.17) is 12.2 Å². The molecule has 0 aliphatic heterocycles. The van der Waals surface area contributed by atoms with Gasteiger partial charge in [0.25, 0.3) is 11.8 Å². The minimum atomic E-state index is -0.341. The fourth-order valence-corrected chi connectivity index (χ4v) is 4.44. The van der Waals surface area contributed by atoms with Crippen LogP contribution in [-0.4, -0.2) is 26.6 Å². The number of aryl methyl sites for hydroxylation is 3. The van der Waals surface area contributed by atoms with Gasteiger partial charge in [0, 0.05) is 11.3 Å². The number of rotatable bonds is 5. The van der Waals surface area contributed by atoms with Gasteiger partial charge in [-0.3, -0.25) is 30.1 Å². The fraction of sp³-hybridized carbons (Fsp3) is 0.529. The van der Waals surface area contributed by atoms with Crippen LogP contribution in [0.2, 0.25) is 0 Å². The van der Waals surface area contributed by atoms with Crippen molar-refractivity contribution in [1.82, 2.24) is 25.6 Å². The molecule has 140 valence electrons. The molecule has 0 radical (unpaired) electrons. The van der Waals surface area contributed by atoms with Gasteiger partial charge in [-0.1, -0.05) is 13.3 Å². The molecule has 2 amide bonds. The molecular formula is C17H23N5O2S2. The SMILES string of the molecule is CCCc1n[nH]c(=S)n1CC(=O)NNC(=O)c1cc2c(s1)CCCCC2. The summed E-state index contributed by atoms with van der Waals surface area (Å²) in [4.78, 5) is 26.4. The van der Waals surface area contributed by atoms with Crippen molar-refractivity contribution < 1.29 is 9.59 Å². The first kappa shape index (κ1) is 18.8. The van der Waals surface area contributed by atoms with E-state index in [9.17, 15) is 9.59 Å². The Morgan fingerprint density at radius 3 is 2.92 bits per heavy atom. The molecule has 0 atom stereocenters. The highest BCUT2D eigenvalue weighted by molar-refractivity contribution is 7.71. The van der Waals surface area contributed by atoms with Gasteiger partial charge in [-0.05, 0) is 56.0 Å². The first-order valence-electron chi connectivity index (χ1n) is 8.93. The van der Waals surface area contributed by atoms with E-state index in [1.54, 1.807) is 4.57 Å². The number of carbonyl (C=O) groups excluding carboxylic acids is 2. The Morgan fingerprint density at radius 2 is 2.12 bits per heavy atom. The van der Waals surface area contributed by atoms with Crippen molar-refractivity contribution in [2.24, 2.45) is 0 Å². The minimum absolute atomic E-state index is 0.0197. The molecule has 0 saturated heterocycles. The lowest BCUT2D eigenvalue weighted by atomic mass is 10.1. The number of hydrogen-bond donors (Lipinski definition) is 3. The lowest BCUT2D eigenvalue weighted by Gasteiger charge is -2.08. The maximum absolute atomic E-state index is 12.3. The van der Waals surface area contributed by atoms with E-state index in [0.29, 0.717) is 9.65 Å². The van der Waals surface area contributed by atoms with Gasteiger partial charge in [0.1, 0.15) is 12.4 Å². The number of hydrazine groups is 1. The molecule has 2 aromatic rings. The van der Waals surface area contributed by atoms with Crippen molar-refractivity contribution in [3.8, 4) is 0 Å². The number of aromatic amines is 1. The maximum Gasteiger partial charge on any atom is 0.279 e. The Balaban J connectivity index is 1.57. The first-order valence-corrected chi connectivity index (χ1v) is 10.2. The van der Waals surface area contributed by atoms with Crippen LogP contribution in [0.25, 0.3) is 0 Å². The van der Waals surface area contributed by atoms with Crippen molar-refractivity contribution in [2.75, 3.05) is 0 Å². The standard InChI is InChI=1S/C17H23N5O2S2/c1-2-6-14-18-21-17(25)22(14)10-15(23)19-20-16(24)13-9-11-7-4-3-5-8-12(11)26-13/h9H,2-8,10H2,1H3,(H,19,23)(H,20,24)(H,21,25). The number of carbonyl (C=O) groups is 2. The Bertz CT molecular complexity index is 828. The second-order valence-corrected chi connectivity index (χ2v) is 7.93. The number of hydrogen-bond acceptors (Lipinski definition) is 5. The summed E-state index contributed by atoms with van der Waals surface area (Å²) in [7, 11) is 0. The summed E-state index contributed by atoms with van der Waals surface area (Å²) >= 11 is 6.68. The molecule has 0 spiro atoms. The predicted molar refractivity (Wildman–Crippen MR) is 103 cm³/mol. The highest BCUT2D eigenvalue weighted by Gasteiger charge is 2.17. The lowest BCUT2D eigenvalue weighted by Crippen LogP contribution is -2.43. The van der Waals surface area contributed by atoms with Gasteiger partial charge in [0.15, 0.2) is 4.77 Å². The van der Waals surface area contributed by atoms with Crippen LogP contribution in [0, 0.1) is 4.77 Å². The average Bonchev–Trinajstić information content (AvgIpc) is 3.10. The van der Waals surface area contributed by atoms with E-state index in [1.165, 1.54) is 41.0 Å². The second kappa shape index (κ2) is 8.59. The highest BCUT2D eigenvalue weighted by atomic mass is 32.1. The van der Waals surface area contributed by atoms with Crippen LogP contribution in [-0.2, 0) is 30.6 Å². The van der Waals surface area contributed by atoms with Crippen molar-refractivity contribution in [1.29, 1.82) is 0 Å². The molecule has 0 saturated carbocycles. The molecule has 0 fully saturated rings. The minimum Gasteiger partial charge on any atom is -0.295 e. The van der Waals surface area contributed by atoms with E-state index in [2.05, 4.69) is 21.0 Å². The molecule has 26 heavy (non-hydrogen) atoms. The van der Waals surface area contributed by atoms with Crippen molar-refractivity contribution >= 4 is 35.4 Å². The molecule has 9 heteroatoms. The normalized spacial score (nSPS) is 13.7. The zero-order valence-electron chi connectivity index (χ0n) is 14.8. The van der Waals surface area contributed by atoms with Crippen molar-refractivity contribution in [3.05, 3.63) is 32.0 Å². The summed E-state index contributed by atoms with van der Waals surface area (Å²) in [5, 5.41) is 6.83. The third-order valence-electron chi connectivity index (χ3n) is 4.40. The number of thiophene rings is 1. The molecule has 0 unspecified atom stereocenters. The average molecular weight is 394 g/mol. The van der Waals surface area contributed by atoms with Crippen LogP contribution in [0.4, 0.5) is 0 Å². The third-order valence-corrected chi connectivity index (χ3v) is 5.95. The summed E-state index contributed by atoms with van der Waals surface area (Å²) in [6, 6.07) is 1.96. The number of amides is 2. The summed E-state index contributed by atoms with van der Waals surface area (Å²) in [6.07, 6.45) is 7.30. The molecule has 2 heterocycles. The Hall–Kier alpha value is -2.00. The summed E-state index contributed by atoms with van der Waals surface area (Å²) in [5.74, 6) is 0.119. The van der Waals surface area contributed by atoms with Crippen LogP contribution >= 0.6 is 23.6 Å². The lowest BCUT2D eigenvalue weighted by molar-refractivity contribution is -0.122. The number of H-pyrrole nitrogens is 1. The number of nitrogens with one attached hydrogen (secondary N) is 3. The van der Waals surface area contributed by atoms with Crippen molar-refractivity contribution in [2.45, 2.75) is 58.4 Å². The molecule has 3 N–H and O–H groups in total. The van der Waals surface area contributed by atoms with Crippen LogP contribution < -0.4 is 10.9 Å². The molecule has 7 nitrogen and oxygen atoms in total. The molecule has 1 aliphatic carbocycles. The molecule has 0 bridgehead atoms. The number of aromatic nitrogens is 3. The molecule has 3 rings (SSSR count). The van der Waals surface area contributed by atoms with Crippen LogP contribution in [0.1, 0.15) is 58.5 Å². The maximum atomic E-state index is 12.3. The second-order valence-electron chi connectivity index (χ2n) is 6.40. The van der Waals surface area contributed by atoms with Crippen LogP contribution in [0.15, 0.2) is 6.07 Å². The van der Waals surface area contributed by atoms with E-state index in [-0.39, 0.29) is 18.4 Å². The Labute approximate surface area is 161 Å². The summed E-state index contributed by atoms with van der Waals surface area (Å²) in [5.41, 5.74) is 6.24. The van der Waals surface area contributed by atoms with E-state index in [0.717, 1.165) is 31.5 Å². The van der Waals surface area contributed by atoms with Gasteiger partial charge in [-0.2, -0.15) is 5.10 Å². The van der Waals surface area contributed by atoms with Gasteiger partial charge < -0.3 is 0 Å². The largest absolute Gasteiger partial charge is 0.295 e. The Kier molecular flexibility index (Phi) is 6.20. The summed E-state index contributed by atoms with van der Waals surface area (Å²) in [6.45, 7) is 2.05. The smallest absolute Gasteiger partial charge is 0.279 e. The van der Waals surface area contributed by atoms with Gasteiger partial charge in [-0.15, -0.1) is 11.3 Å². The van der Waals surface area contributed by atoms with E-state index >= 15 is 0 Å². The zero-order chi connectivity index (χ0) is 18.5. The molecule has 0 aromatic carbocycles. The highest BCUT2D eigenvalue weighted by Crippen LogP contribution is 2.28. The third kappa shape index (κ3) is 4.39. The van der Waals surface area contributed by atoms with Crippen molar-refractivity contribution in [3.63, 3.8) is 0 Å². The van der Waals surface area contributed by atoms with E-state index in [1.807, 2.05) is 13.0 Å². The van der Waals surface area contributed by atoms with Gasteiger partial charge >= 0.3 is 0 Å². The monoisotopic (exact) mass is 393 g/mol. The quantitative estimate of drug-likeness (QED) is 0.414. The summed E-state index contributed by atoms with van der Waals surface area (Å²) < 4.78 is 2.05. The Morgan fingerprint density at radius 1 is 1.31 bits per heavy atom. The van der Waals surface area contributed by atoms with Crippen LogP contribution in [0.3, 0.4) is 0 Å². The topological polar surface area (TPSA) is 91.8 Å². The molecule has 2 aromatic heterocycles. The molecule has 1 aliphatic rings. The van der Waals surface area contributed by atoms with Gasteiger partial charge in [-0.25, -0.2) is 0 Å². The molecular weight excluding hydrogens is 370 g/mol. The predicted octanol–water partition coefficient (Wildman–Crippen LogP) is 2.68. The first-order chi connectivity index (χ1) is 12.6. The van der Waals surface area contributed by atoms with Crippen LogP contribution in [0.5, 0.6) is 0 Å². The number of fused-ring (bicyclic) bond motifs is 1.